The van der Waals surface area contributed by atoms with Gasteiger partial charge in [0.1, 0.15) is 5.75 Å². The first-order valence-electron chi connectivity index (χ1n) is 9.13. The lowest BCUT2D eigenvalue weighted by Gasteiger charge is -2.22. The summed E-state index contributed by atoms with van der Waals surface area (Å²) in [5.41, 5.74) is 1.66. The van der Waals surface area contributed by atoms with Crippen molar-refractivity contribution in [3.63, 3.8) is 0 Å². The Kier molecular flexibility index (Phi) is 6.66. The van der Waals surface area contributed by atoms with Crippen molar-refractivity contribution in [3.8, 4) is 17.1 Å². The Morgan fingerprint density at radius 1 is 1.14 bits per heavy atom. The molecule has 1 amide bonds. The number of anilines is 1. The summed E-state index contributed by atoms with van der Waals surface area (Å²) in [5.74, 6) is 1.70. The summed E-state index contributed by atoms with van der Waals surface area (Å²) in [6.45, 7) is 2.68. The van der Waals surface area contributed by atoms with Crippen molar-refractivity contribution in [2.24, 2.45) is 0 Å². The van der Waals surface area contributed by atoms with E-state index in [2.05, 4.69) is 10.1 Å². The van der Waals surface area contributed by atoms with Crippen molar-refractivity contribution in [1.82, 2.24) is 10.1 Å². The first kappa shape index (κ1) is 19.9. The number of aryl methyl sites for hydroxylation is 1. The molecule has 0 aliphatic carbocycles. The molecule has 0 unspecified atom stereocenters. The van der Waals surface area contributed by atoms with Crippen molar-refractivity contribution < 1.29 is 14.1 Å². The van der Waals surface area contributed by atoms with Crippen molar-refractivity contribution in [2.45, 2.75) is 26.2 Å². The number of methoxy groups -OCH3 is 1. The van der Waals surface area contributed by atoms with Gasteiger partial charge in [0.2, 0.25) is 17.6 Å². The highest BCUT2D eigenvalue weighted by Gasteiger charge is 2.17. The fourth-order valence-electron chi connectivity index (χ4n) is 2.81. The van der Waals surface area contributed by atoms with Crippen LogP contribution in [0.25, 0.3) is 11.4 Å². The summed E-state index contributed by atoms with van der Waals surface area (Å²) in [6.07, 6.45) is 1.53. The molecule has 0 radical (unpaired) electrons. The first-order chi connectivity index (χ1) is 13.6. The summed E-state index contributed by atoms with van der Waals surface area (Å²) in [5, 5.41) is 4.65. The molecule has 1 heterocycles. The molecule has 0 saturated carbocycles. The molecule has 3 rings (SSSR count). The number of ether oxygens (including phenoxy) is 1. The van der Waals surface area contributed by atoms with Crippen LogP contribution in [0.15, 0.2) is 53.1 Å². The van der Waals surface area contributed by atoms with E-state index in [0.29, 0.717) is 29.7 Å². The molecule has 0 atom stereocenters. The molecule has 0 fully saturated rings. The zero-order chi connectivity index (χ0) is 19.9. The molecule has 6 nitrogen and oxygen atoms in total. The van der Waals surface area contributed by atoms with Crippen LogP contribution in [0.1, 0.15) is 25.7 Å². The number of carbonyl (C=O) groups excluding carboxylic acids is 1. The third-order valence-corrected chi connectivity index (χ3v) is 4.51. The predicted octanol–water partition coefficient (Wildman–Crippen LogP) is 4.77. The molecule has 28 heavy (non-hydrogen) atoms. The highest BCUT2D eigenvalue weighted by molar-refractivity contribution is 6.30. The van der Waals surface area contributed by atoms with Gasteiger partial charge in [-0.2, -0.15) is 4.98 Å². The van der Waals surface area contributed by atoms with Crippen LogP contribution in [0, 0.1) is 0 Å². The van der Waals surface area contributed by atoms with Gasteiger partial charge in [0.15, 0.2) is 0 Å². The van der Waals surface area contributed by atoms with Crippen LogP contribution in [0.4, 0.5) is 5.69 Å². The number of benzene rings is 2. The van der Waals surface area contributed by atoms with Gasteiger partial charge in [0.05, 0.1) is 7.11 Å². The van der Waals surface area contributed by atoms with Crippen LogP contribution in [0.3, 0.4) is 0 Å². The van der Waals surface area contributed by atoms with Gasteiger partial charge in [0, 0.05) is 35.7 Å². The maximum atomic E-state index is 12.7. The second kappa shape index (κ2) is 9.37. The topological polar surface area (TPSA) is 68.5 Å². The Hall–Kier alpha value is -2.86. The lowest BCUT2D eigenvalue weighted by atomic mass is 10.2. The number of amides is 1. The third-order valence-electron chi connectivity index (χ3n) is 4.26. The average Bonchev–Trinajstić information content (AvgIpc) is 3.20. The maximum absolute atomic E-state index is 12.7. The quantitative estimate of drug-likeness (QED) is 0.545. The lowest BCUT2D eigenvalue weighted by Crippen LogP contribution is -2.31. The van der Waals surface area contributed by atoms with Crippen LogP contribution < -0.4 is 9.64 Å². The van der Waals surface area contributed by atoms with E-state index in [9.17, 15) is 4.79 Å². The molecule has 0 bridgehead atoms. The van der Waals surface area contributed by atoms with Crippen LogP contribution >= 0.6 is 11.6 Å². The molecule has 0 aliphatic rings. The SMILES string of the molecule is CCCN(C(=O)CCc1nc(-c2ccc(OC)cc2)no1)c1ccc(Cl)cc1. The molecule has 0 saturated heterocycles. The van der Waals surface area contributed by atoms with Gasteiger partial charge >= 0.3 is 0 Å². The number of rotatable bonds is 8. The highest BCUT2D eigenvalue weighted by atomic mass is 35.5. The summed E-state index contributed by atoms with van der Waals surface area (Å²) < 4.78 is 10.5. The zero-order valence-corrected chi connectivity index (χ0v) is 16.6. The van der Waals surface area contributed by atoms with E-state index in [-0.39, 0.29) is 12.3 Å². The van der Waals surface area contributed by atoms with Gasteiger partial charge in [-0.1, -0.05) is 23.7 Å². The van der Waals surface area contributed by atoms with Gasteiger partial charge in [-0.15, -0.1) is 0 Å². The smallest absolute Gasteiger partial charge is 0.227 e. The molecular formula is C21H22ClN3O3. The standard InChI is InChI=1S/C21H22ClN3O3/c1-3-14-25(17-8-6-16(22)7-9-17)20(26)13-12-19-23-21(24-28-19)15-4-10-18(27-2)11-5-15/h4-11H,3,12-14H2,1-2H3. The molecule has 7 heteroatoms. The van der Waals surface area contributed by atoms with Crippen molar-refractivity contribution in [3.05, 3.63) is 59.4 Å². The maximum Gasteiger partial charge on any atom is 0.227 e. The minimum atomic E-state index is 0.00775. The Morgan fingerprint density at radius 2 is 1.86 bits per heavy atom. The number of nitrogens with zero attached hydrogens (tertiary/aromatic N) is 3. The van der Waals surface area contributed by atoms with Gasteiger partial charge < -0.3 is 14.2 Å². The summed E-state index contributed by atoms with van der Waals surface area (Å²) >= 11 is 5.95. The minimum absolute atomic E-state index is 0.00775. The molecule has 3 aromatic rings. The van der Waals surface area contributed by atoms with Crippen LogP contribution in [0.5, 0.6) is 5.75 Å². The van der Waals surface area contributed by atoms with E-state index in [4.69, 9.17) is 20.9 Å². The normalized spacial score (nSPS) is 10.7. The van der Waals surface area contributed by atoms with E-state index in [1.165, 1.54) is 0 Å². The van der Waals surface area contributed by atoms with E-state index < -0.39 is 0 Å². The summed E-state index contributed by atoms with van der Waals surface area (Å²) in [7, 11) is 1.62. The number of carbonyl (C=O) groups is 1. The van der Waals surface area contributed by atoms with E-state index in [1.54, 1.807) is 24.1 Å². The average molecular weight is 400 g/mol. The van der Waals surface area contributed by atoms with Gasteiger partial charge in [0.25, 0.3) is 0 Å². The Bertz CT molecular complexity index is 907. The van der Waals surface area contributed by atoms with E-state index in [0.717, 1.165) is 23.4 Å². The molecular weight excluding hydrogens is 378 g/mol. The Morgan fingerprint density at radius 3 is 2.50 bits per heavy atom. The third kappa shape index (κ3) is 4.89. The van der Waals surface area contributed by atoms with Crippen LogP contribution in [0.2, 0.25) is 5.02 Å². The van der Waals surface area contributed by atoms with Crippen LogP contribution in [-0.2, 0) is 11.2 Å². The number of hydrogen-bond donors (Lipinski definition) is 0. The van der Waals surface area contributed by atoms with Crippen LogP contribution in [-0.4, -0.2) is 29.7 Å². The molecule has 0 aliphatic heterocycles. The molecule has 0 spiro atoms. The second-order valence-electron chi connectivity index (χ2n) is 6.26. The first-order valence-corrected chi connectivity index (χ1v) is 9.51. The van der Waals surface area contributed by atoms with Crippen molar-refractivity contribution in [1.29, 1.82) is 0 Å². The number of halogens is 1. The van der Waals surface area contributed by atoms with Gasteiger partial charge in [-0.05, 0) is 55.0 Å². The minimum Gasteiger partial charge on any atom is -0.497 e. The zero-order valence-electron chi connectivity index (χ0n) is 15.9. The van der Waals surface area contributed by atoms with Crippen molar-refractivity contribution >= 4 is 23.2 Å². The lowest BCUT2D eigenvalue weighted by molar-refractivity contribution is -0.118. The predicted molar refractivity (Wildman–Crippen MR) is 109 cm³/mol. The number of aromatic nitrogens is 2. The fraction of sp³-hybridized carbons (Fsp3) is 0.286. The highest BCUT2D eigenvalue weighted by Crippen LogP contribution is 2.21. The summed E-state index contributed by atoms with van der Waals surface area (Å²) in [4.78, 5) is 18.9. The number of hydrogen-bond acceptors (Lipinski definition) is 5. The van der Waals surface area contributed by atoms with Crippen molar-refractivity contribution in [2.75, 3.05) is 18.6 Å². The summed E-state index contributed by atoms with van der Waals surface area (Å²) in [6, 6.07) is 14.7. The fourth-order valence-corrected chi connectivity index (χ4v) is 2.93. The van der Waals surface area contributed by atoms with E-state index in [1.807, 2.05) is 43.3 Å². The molecule has 146 valence electrons. The Balaban J connectivity index is 1.64. The monoisotopic (exact) mass is 399 g/mol. The second-order valence-corrected chi connectivity index (χ2v) is 6.70. The molecule has 0 N–H and O–H groups in total. The van der Waals surface area contributed by atoms with E-state index >= 15 is 0 Å². The molecule has 1 aromatic heterocycles. The Labute approximate surface area is 169 Å². The molecule has 2 aromatic carbocycles. The largest absolute Gasteiger partial charge is 0.497 e. The van der Waals surface area contributed by atoms with Gasteiger partial charge in [-0.3, -0.25) is 4.79 Å². The van der Waals surface area contributed by atoms with Gasteiger partial charge in [-0.25, -0.2) is 0 Å².